The third kappa shape index (κ3) is 5.61. The monoisotopic (exact) mass is 354 g/mol. The van der Waals surface area contributed by atoms with Crippen LogP contribution in [-0.4, -0.2) is 43.2 Å². The van der Waals surface area contributed by atoms with Gasteiger partial charge in [0.2, 0.25) is 0 Å². The van der Waals surface area contributed by atoms with E-state index in [4.69, 9.17) is 4.74 Å². The number of nitrogens with zero attached hydrogens (tertiary/aromatic N) is 1. The Kier molecular flexibility index (Phi) is 7.00. The molecule has 0 aromatic heterocycles. The Hall–Kier alpha value is -0.580. The van der Waals surface area contributed by atoms with Gasteiger partial charge in [-0.2, -0.15) is 0 Å². The summed E-state index contributed by atoms with van der Waals surface area (Å²) in [6.45, 7) is 8.60. The van der Waals surface area contributed by atoms with Gasteiger partial charge in [-0.25, -0.2) is 0 Å². The second kappa shape index (κ2) is 8.76. The fourth-order valence-electron chi connectivity index (χ4n) is 2.90. The average Bonchev–Trinajstić information content (AvgIpc) is 2.62. The normalized spacial score (nSPS) is 23.8. The molecule has 1 aromatic rings. The van der Waals surface area contributed by atoms with Crippen LogP contribution in [-0.2, 0) is 0 Å². The highest BCUT2D eigenvalue weighted by molar-refractivity contribution is 9.10. The third-order valence-corrected chi connectivity index (χ3v) is 4.65. The summed E-state index contributed by atoms with van der Waals surface area (Å²) in [4.78, 5) is 2.57. The molecule has 118 valence electrons. The average molecular weight is 355 g/mol. The van der Waals surface area contributed by atoms with Crippen molar-refractivity contribution in [2.75, 3.05) is 26.2 Å². The van der Waals surface area contributed by atoms with Gasteiger partial charge in [-0.3, -0.25) is 4.90 Å². The van der Waals surface area contributed by atoms with Crippen LogP contribution in [0.15, 0.2) is 28.7 Å². The maximum atomic E-state index is 5.88. The number of benzene rings is 1. The molecule has 0 radical (unpaired) electrons. The number of halogens is 1. The van der Waals surface area contributed by atoms with Gasteiger partial charge in [-0.1, -0.05) is 35.3 Å². The zero-order valence-electron chi connectivity index (χ0n) is 13.1. The minimum atomic E-state index is 0.630. The van der Waals surface area contributed by atoms with Gasteiger partial charge in [-0.05, 0) is 44.5 Å². The third-order valence-electron chi connectivity index (χ3n) is 4.15. The van der Waals surface area contributed by atoms with E-state index in [1.54, 1.807) is 0 Å². The Balaban J connectivity index is 1.82. The first-order valence-electron chi connectivity index (χ1n) is 8.05. The molecule has 1 fully saturated rings. The highest BCUT2D eigenvalue weighted by atomic mass is 79.9. The summed E-state index contributed by atoms with van der Waals surface area (Å²) in [5, 5.41) is 3.67. The summed E-state index contributed by atoms with van der Waals surface area (Å²) < 4.78 is 6.95. The number of hydrogen-bond donors (Lipinski definition) is 1. The molecule has 1 saturated heterocycles. The molecule has 2 unspecified atom stereocenters. The zero-order chi connectivity index (χ0) is 15.1. The van der Waals surface area contributed by atoms with Gasteiger partial charge in [0.25, 0.3) is 0 Å². The van der Waals surface area contributed by atoms with Crippen LogP contribution in [0.4, 0.5) is 0 Å². The number of hydrogen-bond acceptors (Lipinski definition) is 3. The SMILES string of the molecule is CCCC1CN(CCOc2cccc(Br)c2)C(C)CCN1. The molecule has 1 N–H and O–H groups in total. The Labute approximate surface area is 137 Å². The van der Waals surface area contributed by atoms with E-state index in [2.05, 4.69) is 40.0 Å². The van der Waals surface area contributed by atoms with E-state index < -0.39 is 0 Å². The van der Waals surface area contributed by atoms with E-state index >= 15 is 0 Å². The van der Waals surface area contributed by atoms with Crippen molar-refractivity contribution >= 4 is 15.9 Å². The molecule has 1 aromatic carbocycles. The minimum absolute atomic E-state index is 0.630. The lowest BCUT2D eigenvalue weighted by Crippen LogP contribution is -2.41. The van der Waals surface area contributed by atoms with E-state index in [9.17, 15) is 0 Å². The first kappa shape index (κ1) is 16.8. The van der Waals surface area contributed by atoms with Crippen LogP contribution in [0.25, 0.3) is 0 Å². The summed E-state index contributed by atoms with van der Waals surface area (Å²) >= 11 is 3.48. The molecular formula is C17H27BrN2O. The standard InChI is InChI=1S/C17H27BrN2O/c1-3-5-16-13-20(14(2)8-9-19-16)10-11-21-17-7-4-6-15(18)12-17/h4,6-7,12,14,16,19H,3,5,8-11,13H2,1-2H3. The van der Waals surface area contributed by atoms with Crippen LogP contribution in [0.5, 0.6) is 5.75 Å². The van der Waals surface area contributed by atoms with Gasteiger partial charge >= 0.3 is 0 Å². The zero-order valence-corrected chi connectivity index (χ0v) is 14.7. The summed E-state index contributed by atoms with van der Waals surface area (Å²) in [7, 11) is 0. The largest absolute Gasteiger partial charge is 0.492 e. The summed E-state index contributed by atoms with van der Waals surface area (Å²) in [5.74, 6) is 0.940. The van der Waals surface area contributed by atoms with Crippen molar-refractivity contribution in [3.8, 4) is 5.75 Å². The van der Waals surface area contributed by atoms with E-state index in [-0.39, 0.29) is 0 Å². The second-order valence-corrected chi connectivity index (χ2v) is 6.79. The van der Waals surface area contributed by atoms with Gasteiger partial charge in [0.1, 0.15) is 12.4 Å². The summed E-state index contributed by atoms with van der Waals surface area (Å²) in [5.41, 5.74) is 0. The van der Waals surface area contributed by atoms with E-state index in [1.165, 1.54) is 19.3 Å². The second-order valence-electron chi connectivity index (χ2n) is 5.88. The molecular weight excluding hydrogens is 328 g/mol. The lowest BCUT2D eigenvalue weighted by atomic mass is 10.1. The molecule has 1 aliphatic rings. The first-order chi connectivity index (χ1) is 10.2. The Morgan fingerprint density at radius 2 is 2.29 bits per heavy atom. The van der Waals surface area contributed by atoms with Gasteiger partial charge in [0.15, 0.2) is 0 Å². The molecule has 2 atom stereocenters. The van der Waals surface area contributed by atoms with Crippen molar-refractivity contribution in [3.05, 3.63) is 28.7 Å². The van der Waals surface area contributed by atoms with Crippen LogP contribution in [0, 0.1) is 0 Å². The molecule has 21 heavy (non-hydrogen) atoms. The molecule has 4 heteroatoms. The molecule has 0 aliphatic carbocycles. The maximum absolute atomic E-state index is 5.88. The predicted molar refractivity (Wildman–Crippen MR) is 92.0 cm³/mol. The molecule has 0 amide bonds. The Morgan fingerprint density at radius 3 is 3.05 bits per heavy atom. The van der Waals surface area contributed by atoms with E-state index in [0.29, 0.717) is 12.1 Å². The molecule has 2 rings (SSSR count). The fourth-order valence-corrected chi connectivity index (χ4v) is 3.28. The smallest absolute Gasteiger partial charge is 0.120 e. The quantitative estimate of drug-likeness (QED) is 0.843. The van der Waals surface area contributed by atoms with Crippen LogP contribution in [0.2, 0.25) is 0 Å². The van der Waals surface area contributed by atoms with Crippen molar-refractivity contribution in [2.45, 2.75) is 45.2 Å². The van der Waals surface area contributed by atoms with Gasteiger partial charge in [0, 0.05) is 29.6 Å². The van der Waals surface area contributed by atoms with Crippen LogP contribution < -0.4 is 10.1 Å². The number of ether oxygens (including phenoxy) is 1. The van der Waals surface area contributed by atoms with Crippen LogP contribution >= 0.6 is 15.9 Å². The van der Waals surface area contributed by atoms with E-state index in [1.807, 2.05) is 24.3 Å². The van der Waals surface area contributed by atoms with Gasteiger partial charge < -0.3 is 10.1 Å². The van der Waals surface area contributed by atoms with Crippen molar-refractivity contribution in [3.63, 3.8) is 0 Å². The Morgan fingerprint density at radius 1 is 1.43 bits per heavy atom. The minimum Gasteiger partial charge on any atom is -0.492 e. The Bertz CT molecular complexity index is 427. The molecule has 0 bridgehead atoms. The topological polar surface area (TPSA) is 24.5 Å². The van der Waals surface area contributed by atoms with Crippen molar-refractivity contribution in [1.82, 2.24) is 10.2 Å². The summed E-state index contributed by atoms with van der Waals surface area (Å²) in [6, 6.07) is 9.32. The molecule has 1 aliphatic heterocycles. The molecule has 3 nitrogen and oxygen atoms in total. The maximum Gasteiger partial charge on any atom is 0.120 e. The van der Waals surface area contributed by atoms with Crippen LogP contribution in [0.1, 0.15) is 33.1 Å². The highest BCUT2D eigenvalue weighted by Crippen LogP contribution is 2.18. The van der Waals surface area contributed by atoms with Crippen LogP contribution in [0.3, 0.4) is 0 Å². The lowest BCUT2D eigenvalue weighted by Gasteiger charge is -2.28. The number of rotatable bonds is 6. The number of nitrogens with one attached hydrogen (secondary N) is 1. The first-order valence-corrected chi connectivity index (χ1v) is 8.84. The molecule has 1 heterocycles. The fraction of sp³-hybridized carbons (Fsp3) is 0.647. The molecule has 0 spiro atoms. The van der Waals surface area contributed by atoms with E-state index in [0.717, 1.165) is 36.5 Å². The van der Waals surface area contributed by atoms with Crippen molar-refractivity contribution < 1.29 is 4.74 Å². The molecule has 0 saturated carbocycles. The predicted octanol–water partition coefficient (Wildman–Crippen LogP) is 3.68. The van der Waals surface area contributed by atoms with Crippen molar-refractivity contribution in [1.29, 1.82) is 0 Å². The van der Waals surface area contributed by atoms with Crippen molar-refractivity contribution in [2.24, 2.45) is 0 Å². The van der Waals surface area contributed by atoms with Gasteiger partial charge in [0.05, 0.1) is 0 Å². The lowest BCUT2D eigenvalue weighted by molar-refractivity contribution is 0.163. The highest BCUT2D eigenvalue weighted by Gasteiger charge is 2.21. The summed E-state index contributed by atoms with van der Waals surface area (Å²) in [6.07, 6.45) is 3.72. The van der Waals surface area contributed by atoms with Gasteiger partial charge in [-0.15, -0.1) is 0 Å².